The van der Waals surface area contributed by atoms with Crippen molar-refractivity contribution in [2.24, 2.45) is 0 Å². The van der Waals surface area contributed by atoms with Crippen LogP contribution in [0.15, 0.2) is 29.2 Å². The van der Waals surface area contributed by atoms with Crippen LogP contribution in [0.5, 0.6) is 0 Å². The number of carbonyl (C=O) groups is 1. The van der Waals surface area contributed by atoms with E-state index in [1.807, 2.05) is 0 Å². The smallest absolute Gasteiger partial charge is 0.305 e. The van der Waals surface area contributed by atoms with Crippen LogP contribution in [-0.4, -0.2) is 38.2 Å². The molecule has 0 spiro atoms. The number of nitrogens with one attached hydrogen (secondary N) is 1. The van der Waals surface area contributed by atoms with E-state index in [1.54, 1.807) is 0 Å². The highest BCUT2D eigenvalue weighted by Gasteiger charge is 2.41. The molecule has 0 radical (unpaired) electrons. The lowest BCUT2D eigenvalue weighted by molar-refractivity contribution is -0.138. The summed E-state index contributed by atoms with van der Waals surface area (Å²) in [7, 11) is -4.30. The Hall–Kier alpha value is -1.58. The molecule has 9 heteroatoms. The molecule has 0 saturated carbocycles. The van der Waals surface area contributed by atoms with Crippen molar-refractivity contribution in [3.63, 3.8) is 0 Å². The minimum Gasteiger partial charge on any atom is -0.481 e. The molecule has 0 bridgehead atoms. The van der Waals surface area contributed by atoms with Gasteiger partial charge in [-0.05, 0) is 12.5 Å². The molecule has 0 amide bonds. The highest BCUT2D eigenvalue weighted by atomic mass is 32.2. The van der Waals surface area contributed by atoms with Crippen molar-refractivity contribution in [3.8, 4) is 0 Å². The number of aliphatic carboxylic acids is 1. The number of halogens is 2. The van der Waals surface area contributed by atoms with Gasteiger partial charge in [-0.25, -0.2) is 21.9 Å². The lowest BCUT2D eigenvalue weighted by atomic mass is 9.96. The lowest BCUT2D eigenvalue weighted by Gasteiger charge is -2.27. The van der Waals surface area contributed by atoms with Crippen molar-refractivity contribution < 1.29 is 31.8 Å². The Labute approximate surface area is 126 Å². The first-order valence-electron chi connectivity index (χ1n) is 6.46. The van der Waals surface area contributed by atoms with Crippen LogP contribution in [0.25, 0.3) is 0 Å². The molecule has 1 aromatic rings. The van der Waals surface area contributed by atoms with Gasteiger partial charge in [-0.2, -0.15) is 0 Å². The predicted octanol–water partition coefficient (Wildman–Crippen LogP) is 1.54. The third-order valence-electron chi connectivity index (χ3n) is 3.39. The van der Waals surface area contributed by atoms with E-state index in [4.69, 9.17) is 9.84 Å². The normalized spacial score (nSPS) is 22.1. The van der Waals surface area contributed by atoms with E-state index in [-0.39, 0.29) is 19.6 Å². The molecule has 6 nitrogen and oxygen atoms in total. The molecular weight excluding hydrogens is 320 g/mol. The second-order valence-electron chi connectivity index (χ2n) is 5.10. The average Bonchev–Trinajstić information content (AvgIpc) is 2.85. The molecule has 2 N–H and O–H groups in total. The van der Waals surface area contributed by atoms with Crippen LogP contribution < -0.4 is 4.72 Å². The van der Waals surface area contributed by atoms with E-state index in [2.05, 4.69) is 4.72 Å². The monoisotopic (exact) mass is 335 g/mol. The Balaban J connectivity index is 2.36. The topological polar surface area (TPSA) is 92.7 Å². The van der Waals surface area contributed by atoms with Gasteiger partial charge in [-0.1, -0.05) is 18.2 Å². The van der Waals surface area contributed by atoms with Gasteiger partial charge in [0.25, 0.3) is 6.43 Å². The molecular formula is C13H15F2NO5S. The van der Waals surface area contributed by atoms with Crippen LogP contribution in [0.4, 0.5) is 8.78 Å². The summed E-state index contributed by atoms with van der Waals surface area (Å²) in [5.41, 5.74) is -1.95. The number of rotatable bonds is 6. The van der Waals surface area contributed by atoms with Crippen molar-refractivity contribution in [1.82, 2.24) is 4.72 Å². The number of carboxylic acid groups (broad SMARTS) is 1. The molecule has 1 aliphatic heterocycles. The van der Waals surface area contributed by atoms with Gasteiger partial charge in [-0.3, -0.25) is 4.79 Å². The van der Waals surface area contributed by atoms with Crippen molar-refractivity contribution >= 4 is 16.0 Å². The first-order chi connectivity index (χ1) is 10.3. The van der Waals surface area contributed by atoms with Crippen LogP contribution in [0.2, 0.25) is 0 Å². The summed E-state index contributed by atoms with van der Waals surface area (Å²) in [5, 5.41) is 8.94. The number of alkyl halides is 2. The maximum absolute atomic E-state index is 13.0. The zero-order chi connectivity index (χ0) is 16.4. The van der Waals surface area contributed by atoms with E-state index >= 15 is 0 Å². The van der Waals surface area contributed by atoms with E-state index < -0.39 is 44.8 Å². The van der Waals surface area contributed by atoms with Gasteiger partial charge in [0, 0.05) is 12.2 Å². The minimum atomic E-state index is -4.30. The number of carboxylic acids is 1. The maximum atomic E-state index is 13.0. The quantitative estimate of drug-likeness (QED) is 0.822. The van der Waals surface area contributed by atoms with Crippen molar-refractivity contribution in [2.75, 3.05) is 13.2 Å². The third-order valence-corrected chi connectivity index (χ3v) is 5.04. The molecule has 1 aliphatic rings. The average molecular weight is 335 g/mol. The molecule has 1 aromatic carbocycles. The van der Waals surface area contributed by atoms with Gasteiger partial charge in [0.2, 0.25) is 10.0 Å². The molecule has 122 valence electrons. The predicted molar refractivity (Wildman–Crippen MR) is 72.1 cm³/mol. The first kappa shape index (κ1) is 16.8. The number of hydrogen-bond donors (Lipinski definition) is 2. The number of ether oxygens (including phenoxy) is 1. The second kappa shape index (κ2) is 6.27. The summed E-state index contributed by atoms with van der Waals surface area (Å²) in [6, 6.07) is 4.73. The zero-order valence-corrected chi connectivity index (χ0v) is 12.3. The van der Waals surface area contributed by atoms with Gasteiger partial charge >= 0.3 is 5.97 Å². The fourth-order valence-corrected chi connectivity index (χ4v) is 4.04. The molecule has 0 aromatic heterocycles. The standard InChI is InChI=1S/C13H15F2NO5S/c14-12(15)9-3-1-2-4-10(9)22(19,20)16-13(7-11(17)18)5-6-21-8-13/h1-4,12,16H,5-8H2,(H,17,18). The summed E-state index contributed by atoms with van der Waals surface area (Å²) in [5.74, 6) is -1.20. The fourth-order valence-electron chi connectivity index (χ4n) is 2.40. The van der Waals surface area contributed by atoms with E-state index in [0.29, 0.717) is 0 Å². The van der Waals surface area contributed by atoms with Gasteiger partial charge in [0.1, 0.15) is 0 Å². The summed E-state index contributed by atoms with van der Waals surface area (Å²) in [6.07, 6.45) is -3.28. The maximum Gasteiger partial charge on any atom is 0.305 e. The molecule has 2 rings (SSSR count). The molecule has 1 unspecified atom stereocenters. The fraction of sp³-hybridized carbons (Fsp3) is 0.462. The SMILES string of the molecule is O=C(O)CC1(NS(=O)(=O)c2ccccc2C(F)F)CCOC1. The molecule has 1 atom stereocenters. The highest BCUT2D eigenvalue weighted by Crippen LogP contribution is 2.29. The Bertz CT molecular complexity index is 656. The molecule has 22 heavy (non-hydrogen) atoms. The second-order valence-corrected chi connectivity index (χ2v) is 6.75. The van der Waals surface area contributed by atoms with Gasteiger partial charge in [-0.15, -0.1) is 0 Å². The first-order valence-corrected chi connectivity index (χ1v) is 7.95. The van der Waals surface area contributed by atoms with Gasteiger partial charge in [0.15, 0.2) is 0 Å². The van der Waals surface area contributed by atoms with E-state index in [1.165, 1.54) is 12.1 Å². The van der Waals surface area contributed by atoms with Crippen LogP contribution >= 0.6 is 0 Å². The van der Waals surface area contributed by atoms with Gasteiger partial charge in [0.05, 0.1) is 23.5 Å². The Morgan fingerprint density at radius 2 is 2.09 bits per heavy atom. The molecule has 1 heterocycles. The third kappa shape index (κ3) is 3.60. The largest absolute Gasteiger partial charge is 0.481 e. The summed E-state index contributed by atoms with van der Waals surface area (Å²) in [6.45, 7) is 0.0850. The Morgan fingerprint density at radius 1 is 1.41 bits per heavy atom. The Kier molecular flexibility index (Phi) is 4.78. The van der Waals surface area contributed by atoms with Crippen molar-refractivity contribution in [2.45, 2.75) is 29.7 Å². The van der Waals surface area contributed by atoms with Crippen LogP contribution in [0, 0.1) is 0 Å². The van der Waals surface area contributed by atoms with Crippen LogP contribution in [-0.2, 0) is 19.6 Å². The summed E-state index contributed by atoms with van der Waals surface area (Å²) in [4.78, 5) is 10.4. The van der Waals surface area contributed by atoms with Crippen LogP contribution in [0.3, 0.4) is 0 Å². The number of hydrogen-bond acceptors (Lipinski definition) is 4. The van der Waals surface area contributed by atoms with Gasteiger partial charge < -0.3 is 9.84 Å². The van der Waals surface area contributed by atoms with E-state index in [0.717, 1.165) is 12.1 Å². The Morgan fingerprint density at radius 3 is 2.64 bits per heavy atom. The number of sulfonamides is 1. The highest BCUT2D eigenvalue weighted by molar-refractivity contribution is 7.89. The molecule has 1 saturated heterocycles. The minimum absolute atomic E-state index is 0.116. The van der Waals surface area contributed by atoms with E-state index in [9.17, 15) is 22.0 Å². The zero-order valence-electron chi connectivity index (χ0n) is 11.5. The summed E-state index contributed by atoms with van der Waals surface area (Å²) >= 11 is 0. The lowest BCUT2D eigenvalue weighted by Crippen LogP contribution is -2.50. The molecule has 0 aliphatic carbocycles. The number of benzene rings is 1. The van der Waals surface area contributed by atoms with Crippen molar-refractivity contribution in [3.05, 3.63) is 29.8 Å². The van der Waals surface area contributed by atoms with Crippen LogP contribution in [0.1, 0.15) is 24.8 Å². The molecule has 1 fully saturated rings. The van der Waals surface area contributed by atoms with Crippen molar-refractivity contribution in [1.29, 1.82) is 0 Å². The summed E-state index contributed by atoms with van der Waals surface area (Å²) < 4.78 is 58.1.